The SMILES string of the molecule is CC1CC(c2nc(-c3ccc(Br)cc3)nc(-c3ccc(-c4ccccc4)cc3)n2)=CC=C1c1ccccc1. The minimum atomic E-state index is 0.360. The Morgan fingerprint density at radius 2 is 1.00 bits per heavy atom. The molecule has 4 heteroatoms. The highest BCUT2D eigenvalue weighted by Gasteiger charge is 2.21. The minimum absolute atomic E-state index is 0.360. The van der Waals surface area contributed by atoms with E-state index >= 15 is 0 Å². The zero-order chi connectivity index (χ0) is 25.9. The Bertz CT molecular complexity index is 1620. The van der Waals surface area contributed by atoms with Gasteiger partial charge in [0.05, 0.1) is 0 Å². The van der Waals surface area contributed by atoms with Crippen LogP contribution in [0.2, 0.25) is 0 Å². The van der Waals surface area contributed by atoms with Gasteiger partial charge in [0.25, 0.3) is 0 Å². The van der Waals surface area contributed by atoms with Crippen LogP contribution in [0.15, 0.2) is 126 Å². The van der Waals surface area contributed by atoms with Crippen molar-refractivity contribution in [3.05, 3.63) is 137 Å². The van der Waals surface area contributed by atoms with Crippen molar-refractivity contribution in [2.45, 2.75) is 13.3 Å². The zero-order valence-corrected chi connectivity index (χ0v) is 22.6. The van der Waals surface area contributed by atoms with Gasteiger partial charge in [-0.15, -0.1) is 0 Å². The molecule has 3 nitrogen and oxygen atoms in total. The topological polar surface area (TPSA) is 38.7 Å². The average molecular weight is 557 g/mol. The third-order valence-corrected chi connectivity index (χ3v) is 7.43. The molecule has 0 aliphatic heterocycles. The summed E-state index contributed by atoms with van der Waals surface area (Å²) in [4.78, 5) is 14.8. The first-order valence-electron chi connectivity index (χ1n) is 12.8. The summed E-state index contributed by atoms with van der Waals surface area (Å²) in [5, 5.41) is 0. The van der Waals surface area contributed by atoms with Gasteiger partial charge < -0.3 is 0 Å². The maximum absolute atomic E-state index is 4.98. The van der Waals surface area contributed by atoms with E-state index in [4.69, 9.17) is 15.0 Å². The van der Waals surface area contributed by atoms with Crippen molar-refractivity contribution in [2.75, 3.05) is 0 Å². The fraction of sp³-hybridized carbons (Fsp3) is 0.0882. The standard InChI is InChI=1S/C34H26BrN3/c1-23-22-29(18-21-31(23)26-10-6-3-7-11-26)34-37-32(36-33(38-34)28-16-19-30(35)20-17-28)27-14-12-25(13-15-27)24-8-4-2-5-9-24/h2-21,23H,22H2,1H3. The van der Waals surface area contributed by atoms with Crippen molar-refractivity contribution >= 4 is 27.1 Å². The first kappa shape index (κ1) is 24.2. The van der Waals surface area contributed by atoms with Gasteiger partial charge in [0, 0.05) is 15.6 Å². The molecule has 6 rings (SSSR count). The van der Waals surface area contributed by atoms with Crippen LogP contribution in [0.3, 0.4) is 0 Å². The Kier molecular flexibility index (Phi) is 6.80. The Balaban J connectivity index is 1.42. The smallest absolute Gasteiger partial charge is 0.164 e. The second-order valence-electron chi connectivity index (χ2n) is 9.54. The van der Waals surface area contributed by atoms with Crippen molar-refractivity contribution < 1.29 is 0 Å². The van der Waals surface area contributed by atoms with Crippen molar-refractivity contribution in [3.8, 4) is 33.9 Å². The van der Waals surface area contributed by atoms with Gasteiger partial charge in [-0.25, -0.2) is 15.0 Å². The highest BCUT2D eigenvalue weighted by Crippen LogP contribution is 2.36. The van der Waals surface area contributed by atoms with E-state index in [1.807, 2.05) is 30.3 Å². The largest absolute Gasteiger partial charge is 0.209 e. The molecule has 184 valence electrons. The molecule has 0 saturated heterocycles. The van der Waals surface area contributed by atoms with Crippen LogP contribution in [-0.4, -0.2) is 15.0 Å². The van der Waals surface area contributed by atoms with Crippen LogP contribution in [0.25, 0.3) is 45.0 Å². The molecular weight excluding hydrogens is 530 g/mol. The molecule has 1 heterocycles. The summed E-state index contributed by atoms with van der Waals surface area (Å²) in [6, 6.07) is 37.5. The monoisotopic (exact) mass is 555 g/mol. The molecule has 1 aliphatic carbocycles. The number of aromatic nitrogens is 3. The quantitative estimate of drug-likeness (QED) is 0.217. The van der Waals surface area contributed by atoms with Gasteiger partial charge in [-0.05, 0) is 52.3 Å². The highest BCUT2D eigenvalue weighted by atomic mass is 79.9. The molecule has 5 aromatic rings. The second-order valence-corrected chi connectivity index (χ2v) is 10.5. The molecule has 0 radical (unpaired) electrons. The lowest BCUT2D eigenvalue weighted by Crippen LogP contribution is -2.08. The average Bonchev–Trinajstić information content (AvgIpc) is 2.98. The molecule has 4 aromatic carbocycles. The molecule has 1 atom stereocenters. The zero-order valence-electron chi connectivity index (χ0n) is 21.1. The Hall–Kier alpha value is -4.15. The third kappa shape index (κ3) is 5.13. The molecule has 0 bridgehead atoms. The number of benzene rings is 4. The predicted octanol–water partition coefficient (Wildman–Crippen LogP) is 9.14. The first-order valence-corrected chi connectivity index (χ1v) is 13.6. The van der Waals surface area contributed by atoms with Crippen LogP contribution >= 0.6 is 15.9 Å². The van der Waals surface area contributed by atoms with E-state index in [9.17, 15) is 0 Å². The van der Waals surface area contributed by atoms with Gasteiger partial charge >= 0.3 is 0 Å². The number of allylic oxidation sites excluding steroid dienone is 4. The van der Waals surface area contributed by atoms with Crippen molar-refractivity contribution in [1.29, 1.82) is 0 Å². The summed E-state index contributed by atoms with van der Waals surface area (Å²) in [7, 11) is 0. The van der Waals surface area contributed by atoms with Gasteiger partial charge in [0.1, 0.15) is 0 Å². The molecule has 1 unspecified atom stereocenters. The number of nitrogens with zero attached hydrogens (tertiary/aromatic N) is 3. The molecule has 0 amide bonds. The second kappa shape index (κ2) is 10.7. The molecule has 1 aromatic heterocycles. The van der Waals surface area contributed by atoms with Gasteiger partial charge in [0.2, 0.25) is 0 Å². The van der Waals surface area contributed by atoms with Crippen LogP contribution in [0.1, 0.15) is 24.7 Å². The molecule has 1 aliphatic rings. The third-order valence-electron chi connectivity index (χ3n) is 6.90. The van der Waals surface area contributed by atoms with Crippen LogP contribution in [0.4, 0.5) is 0 Å². The van der Waals surface area contributed by atoms with Crippen molar-refractivity contribution in [2.24, 2.45) is 5.92 Å². The molecule has 0 N–H and O–H groups in total. The van der Waals surface area contributed by atoms with E-state index in [1.54, 1.807) is 0 Å². The number of hydrogen-bond acceptors (Lipinski definition) is 3. The summed E-state index contributed by atoms with van der Waals surface area (Å²) in [5.74, 6) is 2.45. The Morgan fingerprint density at radius 1 is 0.526 bits per heavy atom. The summed E-state index contributed by atoms with van der Waals surface area (Å²) in [6.07, 6.45) is 5.26. The van der Waals surface area contributed by atoms with Crippen LogP contribution in [0, 0.1) is 5.92 Å². The van der Waals surface area contributed by atoms with E-state index in [2.05, 4.69) is 114 Å². The summed E-state index contributed by atoms with van der Waals surface area (Å²) >= 11 is 3.53. The van der Waals surface area contributed by atoms with Gasteiger partial charge in [-0.2, -0.15) is 0 Å². The molecular formula is C34H26BrN3. The van der Waals surface area contributed by atoms with Crippen LogP contribution < -0.4 is 0 Å². The lowest BCUT2D eigenvalue weighted by molar-refractivity contribution is 0.764. The maximum Gasteiger partial charge on any atom is 0.164 e. The summed E-state index contributed by atoms with van der Waals surface area (Å²) in [6.45, 7) is 2.27. The fourth-order valence-electron chi connectivity index (χ4n) is 4.86. The predicted molar refractivity (Wildman–Crippen MR) is 160 cm³/mol. The van der Waals surface area contributed by atoms with Crippen molar-refractivity contribution in [3.63, 3.8) is 0 Å². The van der Waals surface area contributed by atoms with Gasteiger partial charge in [-0.3, -0.25) is 0 Å². The minimum Gasteiger partial charge on any atom is -0.209 e. The van der Waals surface area contributed by atoms with E-state index < -0.39 is 0 Å². The lowest BCUT2D eigenvalue weighted by Gasteiger charge is -2.22. The Labute approximate surface area is 231 Å². The van der Waals surface area contributed by atoms with Gasteiger partial charge in [-0.1, -0.05) is 132 Å². The Morgan fingerprint density at radius 3 is 1.58 bits per heavy atom. The summed E-state index contributed by atoms with van der Waals surface area (Å²) < 4.78 is 1.02. The summed E-state index contributed by atoms with van der Waals surface area (Å²) in [5.41, 5.74) is 8.02. The normalized spacial score (nSPS) is 15.1. The maximum atomic E-state index is 4.98. The fourth-order valence-corrected chi connectivity index (χ4v) is 5.12. The highest BCUT2D eigenvalue weighted by molar-refractivity contribution is 9.10. The van der Waals surface area contributed by atoms with E-state index in [-0.39, 0.29) is 0 Å². The number of halogens is 1. The molecule has 0 fully saturated rings. The van der Waals surface area contributed by atoms with E-state index in [0.29, 0.717) is 17.6 Å². The number of hydrogen-bond donors (Lipinski definition) is 0. The van der Waals surface area contributed by atoms with E-state index in [1.165, 1.54) is 22.3 Å². The van der Waals surface area contributed by atoms with E-state index in [0.717, 1.165) is 33.4 Å². The lowest BCUT2D eigenvalue weighted by atomic mass is 9.84. The van der Waals surface area contributed by atoms with Crippen LogP contribution in [0.5, 0.6) is 0 Å². The molecule has 0 spiro atoms. The van der Waals surface area contributed by atoms with Crippen LogP contribution in [-0.2, 0) is 0 Å². The molecule has 0 saturated carbocycles. The van der Waals surface area contributed by atoms with Gasteiger partial charge in [0.15, 0.2) is 17.5 Å². The first-order chi connectivity index (χ1) is 18.6. The number of rotatable bonds is 5. The molecule has 38 heavy (non-hydrogen) atoms. The van der Waals surface area contributed by atoms with Crippen molar-refractivity contribution in [1.82, 2.24) is 15.0 Å².